The van der Waals surface area contributed by atoms with Crippen LogP contribution in [0.5, 0.6) is 0 Å². The summed E-state index contributed by atoms with van der Waals surface area (Å²) in [5.74, 6) is -0.636. The molecule has 0 spiro atoms. The van der Waals surface area contributed by atoms with E-state index >= 15 is 0 Å². The Morgan fingerprint density at radius 2 is 1.85 bits per heavy atom. The minimum Gasteiger partial charge on any atom is -0.481 e. The molecule has 0 unspecified atom stereocenters. The average molecular weight is 478 g/mol. The molecule has 8 heteroatoms. The van der Waals surface area contributed by atoms with Crippen molar-refractivity contribution < 1.29 is 23.1 Å². The van der Waals surface area contributed by atoms with Crippen LogP contribution in [-0.2, 0) is 11.0 Å². The molecule has 1 heterocycles. The molecule has 34 heavy (non-hydrogen) atoms. The number of halogens is 3. The molecule has 1 fully saturated rings. The minimum atomic E-state index is -4.54. The Hall–Kier alpha value is -2.77. The molecule has 0 aliphatic heterocycles. The predicted molar refractivity (Wildman–Crippen MR) is 129 cm³/mol. The fourth-order valence-corrected chi connectivity index (χ4v) is 4.62. The van der Waals surface area contributed by atoms with Crippen molar-refractivity contribution in [2.45, 2.75) is 77.4 Å². The van der Waals surface area contributed by atoms with Crippen LogP contribution in [-0.4, -0.2) is 28.6 Å². The fraction of sp³-hybridized carbons (Fsp3) is 0.538. The van der Waals surface area contributed by atoms with Crippen LogP contribution in [0.25, 0.3) is 0 Å². The van der Waals surface area contributed by atoms with Crippen molar-refractivity contribution in [1.82, 2.24) is 4.98 Å². The van der Waals surface area contributed by atoms with E-state index in [1.165, 1.54) is 18.6 Å². The summed E-state index contributed by atoms with van der Waals surface area (Å²) in [6.07, 6.45) is 1.12. The molecule has 1 saturated carbocycles. The van der Waals surface area contributed by atoms with Gasteiger partial charge in [-0.1, -0.05) is 52.2 Å². The molecular formula is C26H34F3N3O2. The number of pyridine rings is 1. The average Bonchev–Trinajstić information content (AvgIpc) is 2.77. The number of hydrogen-bond donors (Lipinski definition) is 2. The summed E-state index contributed by atoms with van der Waals surface area (Å²) < 4.78 is 39.7. The topological polar surface area (TPSA) is 65.5 Å². The summed E-state index contributed by atoms with van der Waals surface area (Å²) in [4.78, 5) is 17.4. The van der Waals surface area contributed by atoms with Crippen molar-refractivity contribution in [3.63, 3.8) is 0 Å². The fourth-order valence-electron chi connectivity index (χ4n) is 4.62. The molecule has 0 saturated heterocycles. The van der Waals surface area contributed by atoms with Crippen molar-refractivity contribution in [3.05, 3.63) is 47.7 Å². The lowest BCUT2D eigenvalue weighted by atomic mass is 9.92. The third-order valence-corrected chi connectivity index (χ3v) is 6.26. The highest BCUT2D eigenvalue weighted by atomic mass is 19.4. The summed E-state index contributed by atoms with van der Waals surface area (Å²) in [5, 5.41) is 12.4. The van der Waals surface area contributed by atoms with Gasteiger partial charge >= 0.3 is 12.1 Å². The van der Waals surface area contributed by atoms with E-state index in [0.717, 1.165) is 49.5 Å². The molecule has 1 atom stereocenters. The first kappa shape index (κ1) is 25.8. The standard InChI is InChI=1S/C26H34F3N3O2/c1-17(2)16-32(20-8-5-4-6-9-20)22-13-12-19(18(3)14-25(33)34)15-21(22)30-24-11-7-10-23(31-24)26(27,28)29/h7,10-13,15,17-18,20H,4-6,8-9,14,16H2,1-3H3,(H,30,31)(H,33,34)/t18-/m1/s1. The highest BCUT2D eigenvalue weighted by molar-refractivity contribution is 5.76. The Labute approximate surface area is 199 Å². The molecule has 0 radical (unpaired) electrons. The zero-order valence-electron chi connectivity index (χ0n) is 20.0. The number of carboxylic acids is 1. The van der Waals surface area contributed by atoms with E-state index in [4.69, 9.17) is 0 Å². The Kier molecular flexibility index (Phi) is 8.44. The van der Waals surface area contributed by atoms with Crippen LogP contribution in [0.4, 0.5) is 30.4 Å². The number of nitrogens with zero attached hydrogens (tertiary/aromatic N) is 2. The third kappa shape index (κ3) is 6.87. The monoisotopic (exact) mass is 477 g/mol. The lowest BCUT2D eigenvalue weighted by Gasteiger charge is -2.38. The van der Waals surface area contributed by atoms with E-state index in [-0.39, 0.29) is 18.2 Å². The van der Waals surface area contributed by atoms with Crippen molar-refractivity contribution in [2.24, 2.45) is 5.92 Å². The van der Waals surface area contributed by atoms with E-state index in [9.17, 15) is 23.1 Å². The van der Waals surface area contributed by atoms with Gasteiger partial charge < -0.3 is 15.3 Å². The Balaban J connectivity index is 2.04. The first-order chi connectivity index (χ1) is 16.0. The molecular weight excluding hydrogens is 443 g/mol. The second-order valence-electron chi connectivity index (χ2n) is 9.64. The summed E-state index contributed by atoms with van der Waals surface area (Å²) >= 11 is 0. The maximum atomic E-state index is 13.2. The number of nitrogens with one attached hydrogen (secondary N) is 1. The lowest BCUT2D eigenvalue weighted by Crippen LogP contribution is -2.39. The van der Waals surface area contributed by atoms with Gasteiger partial charge in [-0.25, -0.2) is 4.98 Å². The first-order valence-electron chi connectivity index (χ1n) is 12.0. The van der Waals surface area contributed by atoms with Crippen LogP contribution in [0.15, 0.2) is 36.4 Å². The van der Waals surface area contributed by atoms with Crippen molar-refractivity contribution >= 4 is 23.2 Å². The smallest absolute Gasteiger partial charge is 0.433 e. The first-order valence-corrected chi connectivity index (χ1v) is 12.0. The van der Waals surface area contributed by atoms with Crippen molar-refractivity contribution in [1.29, 1.82) is 0 Å². The molecule has 2 N–H and O–H groups in total. The van der Waals surface area contributed by atoms with Crippen LogP contribution in [0, 0.1) is 5.92 Å². The van der Waals surface area contributed by atoms with E-state index < -0.39 is 17.8 Å². The number of rotatable bonds is 9. The summed E-state index contributed by atoms with van der Waals surface area (Å²) in [5.41, 5.74) is 1.41. The maximum absolute atomic E-state index is 13.2. The second kappa shape index (κ2) is 11.1. The molecule has 1 aromatic heterocycles. The number of anilines is 3. The van der Waals surface area contributed by atoms with Gasteiger partial charge in [-0.3, -0.25) is 4.79 Å². The Bertz CT molecular complexity index is 972. The number of carboxylic acid groups (broad SMARTS) is 1. The van der Waals surface area contributed by atoms with Gasteiger partial charge in [0.05, 0.1) is 17.8 Å². The SMILES string of the molecule is CC(C)CN(c1ccc([C@H](C)CC(=O)O)cc1Nc1cccc(C(F)(F)F)n1)C1CCCCC1. The number of carbonyl (C=O) groups is 1. The molecule has 3 rings (SSSR count). The van der Waals surface area contributed by atoms with Gasteiger partial charge in [-0.05, 0) is 54.5 Å². The van der Waals surface area contributed by atoms with Crippen LogP contribution in [0.3, 0.4) is 0 Å². The lowest BCUT2D eigenvalue weighted by molar-refractivity contribution is -0.141. The van der Waals surface area contributed by atoms with Gasteiger partial charge in [0.1, 0.15) is 11.5 Å². The maximum Gasteiger partial charge on any atom is 0.433 e. The molecule has 5 nitrogen and oxygen atoms in total. The minimum absolute atomic E-state index is 0.0288. The molecule has 0 bridgehead atoms. The summed E-state index contributed by atoms with van der Waals surface area (Å²) in [6, 6.07) is 9.92. The van der Waals surface area contributed by atoms with Crippen molar-refractivity contribution in [2.75, 3.05) is 16.8 Å². The highest BCUT2D eigenvalue weighted by Crippen LogP contribution is 2.37. The van der Waals surface area contributed by atoms with Crippen LogP contribution >= 0.6 is 0 Å². The number of aromatic nitrogens is 1. The molecule has 1 aliphatic carbocycles. The third-order valence-electron chi connectivity index (χ3n) is 6.26. The van der Waals surface area contributed by atoms with Gasteiger partial charge in [-0.2, -0.15) is 13.2 Å². The van der Waals surface area contributed by atoms with E-state index in [1.54, 1.807) is 0 Å². The number of benzene rings is 1. The summed E-state index contributed by atoms with van der Waals surface area (Å²) in [7, 11) is 0. The van der Waals surface area contributed by atoms with Gasteiger partial charge in [0.2, 0.25) is 0 Å². The number of aliphatic carboxylic acids is 1. The predicted octanol–water partition coefficient (Wildman–Crippen LogP) is 7.22. The van der Waals surface area contributed by atoms with E-state index in [1.807, 2.05) is 25.1 Å². The molecule has 0 amide bonds. The molecule has 1 aliphatic rings. The van der Waals surface area contributed by atoms with E-state index in [0.29, 0.717) is 17.6 Å². The van der Waals surface area contributed by atoms with Crippen LogP contribution in [0.1, 0.15) is 76.5 Å². The molecule has 2 aromatic rings. The second-order valence-corrected chi connectivity index (χ2v) is 9.64. The van der Waals surface area contributed by atoms with Gasteiger partial charge in [0.15, 0.2) is 0 Å². The summed E-state index contributed by atoms with van der Waals surface area (Å²) in [6.45, 7) is 6.96. The normalized spacial score (nSPS) is 15.9. The highest BCUT2D eigenvalue weighted by Gasteiger charge is 2.32. The quantitative estimate of drug-likeness (QED) is 0.399. The van der Waals surface area contributed by atoms with Crippen LogP contribution < -0.4 is 10.2 Å². The zero-order chi connectivity index (χ0) is 24.9. The number of alkyl halides is 3. The van der Waals surface area contributed by atoms with Crippen molar-refractivity contribution in [3.8, 4) is 0 Å². The van der Waals surface area contributed by atoms with Gasteiger partial charge in [0, 0.05) is 12.6 Å². The largest absolute Gasteiger partial charge is 0.481 e. The zero-order valence-corrected chi connectivity index (χ0v) is 20.0. The van der Waals surface area contributed by atoms with Crippen LogP contribution in [0.2, 0.25) is 0 Å². The van der Waals surface area contributed by atoms with Gasteiger partial charge in [-0.15, -0.1) is 0 Å². The molecule has 186 valence electrons. The Morgan fingerprint density at radius 1 is 1.15 bits per heavy atom. The number of hydrogen-bond acceptors (Lipinski definition) is 4. The van der Waals surface area contributed by atoms with Gasteiger partial charge in [0.25, 0.3) is 0 Å². The molecule has 1 aromatic carbocycles. The van der Waals surface area contributed by atoms with E-state index in [2.05, 4.69) is 29.0 Å². The Morgan fingerprint density at radius 3 is 2.47 bits per heavy atom.